The maximum Gasteiger partial charge on any atom is 0.328 e. The number of amides is 1. The molecule has 5 heteroatoms. The molecule has 1 N–H and O–H groups in total. The summed E-state index contributed by atoms with van der Waals surface area (Å²) in [6.07, 6.45) is -0.283. The molecule has 0 aliphatic carbocycles. The Hall–Kier alpha value is -2.04. The highest BCUT2D eigenvalue weighted by Crippen LogP contribution is 2.34. The fourth-order valence-corrected chi connectivity index (χ4v) is 2.59. The second kappa shape index (κ2) is 5.39. The maximum atomic E-state index is 12.8. The van der Waals surface area contributed by atoms with Crippen LogP contribution in [0.5, 0.6) is 0 Å². The Morgan fingerprint density at radius 1 is 1.33 bits per heavy atom. The van der Waals surface area contributed by atoms with Crippen LogP contribution in [-0.4, -0.2) is 36.1 Å². The number of carbonyl (C=O) groups excluding carboxylic acids is 2. The summed E-state index contributed by atoms with van der Waals surface area (Å²) in [5, 5.41) is 3.37. The summed E-state index contributed by atoms with van der Waals surface area (Å²) in [5.74, 6) is -0.569. The van der Waals surface area contributed by atoms with Crippen LogP contribution in [0.2, 0.25) is 0 Å². The number of benzene rings is 1. The second-order valence-corrected chi connectivity index (χ2v) is 6.37. The van der Waals surface area contributed by atoms with Gasteiger partial charge in [-0.2, -0.15) is 0 Å². The van der Waals surface area contributed by atoms with E-state index < -0.39 is 12.0 Å². The Morgan fingerprint density at radius 2 is 1.95 bits per heavy atom. The number of nitrogens with zero attached hydrogens (tertiary/aromatic N) is 1. The van der Waals surface area contributed by atoms with Gasteiger partial charge in [-0.05, 0) is 19.1 Å². The van der Waals surface area contributed by atoms with Crippen molar-refractivity contribution in [2.75, 3.05) is 12.4 Å². The predicted octanol–water partition coefficient (Wildman–Crippen LogP) is 2.49. The second-order valence-electron chi connectivity index (χ2n) is 6.37. The minimum absolute atomic E-state index is 0.151. The minimum Gasteiger partial charge on any atom is -0.467 e. The van der Waals surface area contributed by atoms with Crippen molar-refractivity contribution in [3.8, 4) is 0 Å². The van der Waals surface area contributed by atoms with Crippen molar-refractivity contribution in [3.63, 3.8) is 0 Å². The molecule has 0 aromatic heterocycles. The summed E-state index contributed by atoms with van der Waals surface area (Å²) in [5.41, 5.74) is 1.15. The van der Waals surface area contributed by atoms with Gasteiger partial charge < -0.3 is 15.0 Å². The number of fused-ring (bicyclic) bond motifs is 1. The molecule has 1 aromatic rings. The number of carbonyl (C=O) groups is 2. The van der Waals surface area contributed by atoms with Gasteiger partial charge in [0.25, 0.3) is 5.91 Å². The van der Waals surface area contributed by atoms with E-state index in [9.17, 15) is 9.59 Å². The van der Waals surface area contributed by atoms with E-state index in [-0.39, 0.29) is 17.5 Å². The number of nitrogens with one attached hydrogen (secondary N) is 1. The van der Waals surface area contributed by atoms with Gasteiger partial charge in [0.2, 0.25) is 0 Å². The van der Waals surface area contributed by atoms with E-state index in [0.29, 0.717) is 5.56 Å². The minimum atomic E-state index is -0.646. The summed E-state index contributed by atoms with van der Waals surface area (Å²) in [6, 6.07) is 6.70. The molecular formula is C16H22N2O3. The SMILES string of the molecule is COC(=O)[C@H](C)N1C(=O)c2ccccc2N[C@@H]1C(C)(C)C. The zero-order chi connectivity index (χ0) is 15.8. The molecule has 2 rings (SSSR count). The number of para-hydroxylation sites is 1. The molecule has 0 saturated heterocycles. The lowest BCUT2D eigenvalue weighted by atomic mass is 9.87. The van der Waals surface area contributed by atoms with Crippen molar-refractivity contribution in [1.82, 2.24) is 4.90 Å². The first-order valence-electron chi connectivity index (χ1n) is 7.03. The number of rotatable bonds is 2. The highest BCUT2D eigenvalue weighted by Gasteiger charge is 2.43. The van der Waals surface area contributed by atoms with Crippen LogP contribution in [0.1, 0.15) is 38.1 Å². The average Bonchev–Trinajstić information content (AvgIpc) is 2.44. The Kier molecular flexibility index (Phi) is 3.94. The number of ether oxygens (including phenoxy) is 1. The highest BCUT2D eigenvalue weighted by atomic mass is 16.5. The third-order valence-corrected chi connectivity index (χ3v) is 3.74. The van der Waals surface area contributed by atoms with Crippen LogP contribution in [0, 0.1) is 5.41 Å². The van der Waals surface area contributed by atoms with E-state index in [1.807, 2.05) is 39.0 Å². The third kappa shape index (κ3) is 2.73. The van der Waals surface area contributed by atoms with Crippen LogP contribution in [-0.2, 0) is 9.53 Å². The predicted molar refractivity (Wildman–Crippen MR) is 81.0 cm³/mol. The first-order chi connectivity index (χ1) is 9.77. The molecular weight excluding hydrogens is 268 g/mol. The van der Waals surface area contributed by atoms with E-state index in [2.05, 4.69) is 5.32 Å². The molecule has 114 valence electrons. The zero-order valence-corrected chi connectivity index (χ0v) is 13.1. The first kappa shape index (κ1) is 15.4. The lowest BCUT2D eigenvalue weighted by molar-refractivity contribution is -0.146. The van der Waals surface area contributed by atoms with E-state index in [0.717, 1.165) is 5.69 Å². The molecule has 1 aliphatic rings. The molecule has 0 fully saturated rings. The van der Waals surface area contributed by atoms with Gasteiger partial charge in [0.15, 0.2) is 0 Å². The van der Waals surface area contributed by atoms with Gasteiger partial charge in [-0.15, -0.1) is 0 Å². The third-order valence-electron chi connectivity index (χ3n) is 3.74. The molecule has 21 heavy (non-hydrogen) atoms. The van der Waals surface area contributed by atoms with Crippen LogP contribution in [0.15, 0.2) is 24.3 Å². The molecule has 1 heterocycles. The molecule has 0 bridgehead atoms. The lowest BCUT2D eigenvalue weighted by Gasteiger charge is -2.46. The molecule has 1 aromatic carbocycles. The van der Waals surface area contributed by atoms with Gasteiger partial charge in [0.05, 0.1) is 12.7 Å². The van der Waals surface area contributed by atoms with Gasteiger partial charge in [-0.25, -0.2) is 4.79 Å². The quantitative estimate of drug-likeness (QED) is 0.850. The van der Waals surface area contributed by atoms with Crippen molar-refractivity contribution >= 4 is 17.6 Å². The van der Waals surface area contributed by atoms with E-state index in [4.69, 9.17) is 4.74 Å². The van der Waals surface area contributed by atoms with Crippen LogP contribution in [0.4, 0.5) is 5.69 Å². The molecule has 2 atom stereocenters. The average molecular weight is 290 g/mol. The molecule has 0 radical (unpaired) electrons. The van der Waals surface area contributed by atoms with Crippen LogP contribution in [0.25, 0.3) is 0 Å². The number of hydrogen-bond donors (Lipinski definition) is 1. The summed E-state index contributed by atoms with van der Waals surface area (Å²) < 4.78 is 4.80. The maximum absolute atomic E-state index is 12.8. The van der Waals surface area contributed by atoms with Crippen LogP contribution in [0.3, 0.4) is 0 Å². The van der Waals surface area contributed by atoms with Crippen molar-refractivity contribution in [1.29, 1.82) is 0 Å². The van der Waals surface area contributed by atoms with E-state index in [1.54, 1.807) is 17.9 Å². The molecule has 1 amide bonds. The molecule has 1 aliphatic heterocycles. The standard InChI is InChI=1S/C16H22N2O3/c1-10(14(20)21-5)18-13(19)11-8-6-7-9-12(11)17-15(18)16(2,3)4/h6-10,15,17H,1-5H3/t10-,15-/m0/s1. The largest absolute Gasteiger partial charge is 0.467 e. The molecule has 0 unspecified atom stereocenters. The van der Waals surface area contributed by atoms with E-state index in [1.165, 1.54) is 7.11 Å². The Morgan fingerprint density at radius 3 is 2.52 bits per heavy atom. The smallest absolute Gasteiger partial charge is 0.328 e. The summed E-state index contributed by atoms with van der Waals surface area (Å²) >= 11 is 0. The summed E-state index contributed by atoms with van der Waals surface area (Å²) in [7, 11) is 1.33. The van der Waals surface area contributed by atoms with Gasteiger partial charge in [-0.3, -0.25) is 4.79 Å². The monoisotopic (exact) mass is 290 g/mol. The van der Waals surface area contributed by atoms with E-state index >= 15 is 0 Å². The number of hydrogen-bond acceptors (Lipinski definition) is 4. The lowest BCUT2D eigenvalue weighted by Crippen LogP contribution is -2.59. The number of esters is 1. The van der Waals surface area contributed by atoms with Gasteiger partial charge in [0.1, 0.15) is 12.2 Å². The van der Waals surface area contributed by atoms with Crippen molar-refractivity contribution in [2.24, 2.45) is 5.41 Å². The topological polar surface area (TPSA) is 58.6 Å². The van der Waals surface area contributed by atoms with Crippen molar-refractivity contribution in [2.45, 2.75) is 39.9 Å². The number of methoxy groups -OCH3 is 1. The van der Waals surface area contributed by atoms with Gasteiger partial charge >= 0.3 is 5.97 Å². The molecule has 0 saturated carbocycles. The highest BCUT2D eigenvalue weighted by molar-refractivity contribution is 6.03. The molecule has 0 spiro atoms. The Labute approximate surface area is 125 Å². The van der Waals surface area contributed by atoms with Crippen molar-refractivity contribution in [3.05, 3.63) is 29.8 Å². The molecule has 5 nitrogen and oxygen atoms in total. The normalized spacial score (nSPS) is 19.6. The van der Waals surface area contributed by atoms with Crippen LogP contribution < -0.4 is 5.32 Å². The Balaban J connectivity index is 2.49. The zero-order valence-electron chi connectivity index (χ0n) is 13.1. The van der Waals surface area contributed by atoms with Crippen LogP contribution >= 0.6 is 0 Å². The summed E-state index contributed by atoms with van der Waals surface area (Å²) in [4.78, 5) is 26.3. The van der Waals surface area contributed by atoms with Gasteiger partial charge in [0, 0.05) is 11.1 Å². The fraction of sp³-hybridized carbons (Fsp3) is 0.500. The first-order valence-corrected chi connectivity index (χ1v) is 7.03. The summed E-state index contributed by atoms with van der Waals surface area (Å²) in [6.45, 7) is 7.78. The van der Waals surface area contributed by atoms with Gasteiger partial charge in [-0.1, -0.05) is 32.9 Å². The Bertz CT molecular complexity index is 563. The van der Waals surface area contributed by atoms with Crippen molar-refractivity contribution < 1.29 is 14.3 Å². The number of anilines is 1. The fourth-order valence-electron chi connectivity index (χ4n) is 2.59.